The molecule has 7 nitrogen and oxygen atoms in total. The lowest BCUT2D eigenvalue weighted by Crippen LogP contribution is -2.46. The number of piperazine rings is 1. The number of nitrogens with zero attached hydrogens (tertiary/aromatic N) is 6. The first kappa shape index (κ1) is 15.8. The molecule has 130 valence electrons. The Bertz CT molecular complexity index is 849. The molecule has 1 saturated heterocycles. The summed E-state index contributed by atoms with van der Waals surface area (Å²) in [6.45, 7) is 4.98. The first-order chi connectivity index (χ1) is 12.2. The highest BCUT2D eigenvalue weighted by molar-refractivity contribution is 5.82. The Morgan fingerprint density at radius 1 is 1.12 bits per heavy atom. The average molecular weight is 337 g/mol. The lowest BCUT2D eigenvalue weighted by molar-refractivity contribution is 0.250. The maximum absolute atomic E-state index is 4.65. The van der Waals surface area contributed by atoms with Gasteiger partial charge in [-0.3, -0.25) is 9.88 Å². The van der Waals surface area contributed by atoms with E-state index in [1.807, 2.05) is 43.7 Å². The molecule has 1 N–H and O–H groups in total. The molecule has 0 aromatic carbocycles. The molecule has 0 unspecified atom stereocenters. The number of pyridine rings is 1. The molecule has 4 rings (SSSR count). The summed E-state index contributed by atoms with van der Waals surface area (Å²) in [7, 11) is 3.93. The maximum Gasteiger partial charge on any atom is 0.226 e. The van der Waals surface area contributed by atoms with Crippen LogP contribution in [-0.4, -0.2) is 65.1 Å². The standard InChI is InChI=1S/C18H23N7/c1-23(2)18-20-6-4-17(22-18)25-9-7-24(8-10-25)13-14-11-21-16-12-19-5-3-15(14)16/h3-6,11-12,21H,7-10,13H2,1-2H3. The molecule has 7 heteroatoms. The molecule has 0 radical (unpaired) electrons. The smallest absolute Gasteiger partial charge is 0.226 e. The third kappa shape index (κ3) is 3.28. The predicted octanol–water partition coefficient (Wildman–Crippen LogP) is 1.74. The molecule has 0 spiro atoms. The van der Waals surface area contributed by atoms with Crippen molar-refractivity contribution in [2.45, 2.75) is 6.54 Å². The molecular formula is C18H23N7. The average Bonchev–Trinajstić information content (AvgIpc) is 3.05. The van der Waals surface area contributed by atoms with E-state index in [-0.39, 0.29) is 0 Å². The van der Waals surface area contributed by atoms with Crippen molar-refractivity contribution in [3.8, 4) is 0 Å². The lowest BCUT2D eigenvalue weighted by atomic mass is 10.2. The highest BCUT2D eigenvalue weighted by atomic mass is 15.3. The summed E-state index contributed by atoms with van der Waals surface area (Å²) in [5.74, 6) is 1.77. The van der Waals surface area contributed by atoms with Crippen molar-refractivity contribution in [2.24, 2.45) is 0 Å². The Labute approximate surface area is 147 Å². The van der Waals surface area contributed by atoms with Gasteiger partial charge in [0.1, 0.15) is 5.82 Å². The van der Waals surface area contributed by atoms with Crippen molar-refractivity contribution in [3.63, 3.8) is 0 Å². The molecule has 1 fully saturated rings. The molecule has 1 aliphatic heterocycles. The number of H-pyrrole nitrogens is 1. The number of anilines is 2. The Hall–Kier alpha value is -2.67. The summed E-state index contributed by atoms with van der Waals surface area (Å²) in [5, 5.41) is 1.27. The van der Waals surface area contributed by atoms with Crippen molar-refractivity contribution in [3.05, 3.63) is 42.5 Å². The monoisotopic (exact) mass is 337 g/mol. The summed E-state index contributed by atoms with van der Waals surface area (Å²) in [6, 6.07) is 4.08. The summed E-state index contributed by atoms with van der Waals surface area (Å²) in [4.78, 5) is 23.2. The minimum atomic E-state index is 0.757. The molecule has 4 heterocycles. The van der Waals surface area contributed by atoms with Gasteiger partial charge in [-0.2, -0.15) is 4.98 Å². The third-order valence-corrected chi connectivity index (χ3v) is 4.69. The number of hydrogen-bond acceptors (Lipinski definition) is 6. The van der Waals surface area contributed by atoms with E-state index in [0.717, 1.165) is 50.0 Å². The lowest BCUT2D eigenvalue weighted by Gasteiger charge is -2.35. The fourth-order valence-electron chi connectivity index (χ4n) is 3.27. The number of aromatic nitrogens is 4. The van der Waals surface area contributed by atoms with E-state index in [0.29, 0.717) is 0 Å². The van der Waals surface area contributed by atoms with Crippen LogP contribution in [0.25, 0.3) is 10.9 Å². The highest BCUT2D eigenvalue weighted by Crippen LogP contribution is 2.20. The zero-order valence-electron chi connectivity index (χ0n) is 14.7. The van der Waals surface area contributed by atoms with Crippen LogP contribution in [0.3, 0.4) is 0 Å². The maximum atomic E-state index is 4.65. The number of nitrogens with one attached hydrogen (secondary N) is 1. The van der Waals surface area contributed by atoms with Crippen LogP contribution in [0.2, 0.25) is 0 Å². The van der Waals surface area contributed by atoms with E-state index in [9.17, 15) is 0 Å². The van der Waals surface area contributed by atoms with Crippen LogP contribution < -0.4 is 9.80 Å². The third-order valence-electron chi connectivity index (χ3n) is 4.69. The number of hydrogen-bond donors (Lipinski definition) is 1. The first-order valence-electron chi connectivity index (χ1n) is 8.58. The van der Waals surface area contributed by atoms with Crippen molar-refractivity contribution in [1.82, 2.24) is 24.8 Å². The predicted molar refractivity (Wildman–Crippen MR) is 99.9 cm³/mol. The quantitative estimate of drug-likeness (QED) is 0.782. The summed E-state index contributed by atoms with van der Waals surface area (Å²) in [5.41, 5.74) is 2.44. The van der Waals surface area contributed by atoms with E-state index < -0.39 is 0 Å². The summed E-state index contributed by atoms with van der Waals surface area (Å²) >= 11 is 0. The van der Waals surface area contributed by atoms with E-state index >= 15 is 0 Å². The van der Waals surface area contributed by atoms with E-state index in [4.69, 9.17) is 0 Å². The van der Waals surface area contributed by atoms with Gasteiger partial charge < -0.3 is 14.8 Å². The van der Waals surface area contributed by atoms with Crippen LogP contribution in [0, 0.1) is 0 Å². The molecule has 0 aliphatic carbocycles. The molecule has 0 atom stereocenters. The summed E-state index contributed by atoms with van der Waals surface area (Å²) in [6.07, 6.45) is 7.68. The molecular weight excluding hydrogens is 314 g/mol. The molecule has 1 aliphatic rings. The Morgan fingerprint density at radius 2 is 1.96 bits per heavy atom. The second kappa shape index (κ2) is 6.68. The largest absolute Gasteiger partial charge is 0.360 e. The van der Waals surface area contributed by atoms with Crippen LogP contribution in [0.1, 0.15) is 5.56 Å². The van der Waals surface area contributed by atoms with Crippen molar-refractivity contribution >= 4 is 22.7 Å². The Kier molecular flexibility index (Phi) is 4.23. The van der Waals surface area contributed by atoms with Gasteiger partial charge in [0, 0.05) is 70.8 Å². The Balaban J connectivity index is 1.41. The molecule has 25 heavy (non-hydrogen) atoms. The van der Waals surface area contributed by atoms with Gasteiger partial charge in [-0.15, -0.1) is 0 Å². The van der Waals surface area contributed by atoms with Gasteiger partial charge in [-0.25, -0.2) is 4.98 Å². The zero-order chi connectivity index (χ0) is 17.2. The first-order valence-corrected chi connectivity index (χ1v) is 8.58. The van der Waals surface area contributed by atoms with Gasteiger partial charge in [-0.1, -0.05) is 0 Å². The van der Waals surface area contributed by atoms with Crippen LogP contribution in [0.4, 0.5) is 11.8 Å². The van der Waals surface area contributed by atoms with E-state index in [2.05, 4.69) is 42.0 Å². The van der Waals surface area contributed by atoms with Crippen LogP contribution in [0.5, 0.6) is 0 Å². The van der Waals surface area contributed by atoms with Crippen molar-refractivity contribution in [1.29, 1.82) is 0 Å². The van der Waals surface area contributed by atoms with E-state index in [1.165, 1.54) is 10.9 Å². The molecule has 0 bridgehead atoms. The number of aromatic amines is 1. The molecule has 0 saturated carbocycles. The fraction of sp³-hybridized carbons (Fsp3) is 0.389. The molecule has 3 aromatic heterocycles. The van der Waals surface area contributed by atoms with Crippen molar-refractivity contribution in [2.75, 3.05) is 50.1 Å². The topological polar surface area (TPSA) is 64.2 Å². The van der Waals surface area contributed by atoms with Gasteiger partial charge in [0.2, 0.25) is 5.95 Å². The zero-order valence-corrected chi connectivity index (χ0v) is 14.7. The van der Waals surface area contributed by atoms with E-state index in [1.54, 1.807) is 0 Å². The van der Waals surface area contributed by atoms with Gasteiger partial charge in [0.15, 0.2) is 0 Å². The number of fused-ring (bicyclic) bond motifs is 1. The van der Waals surface area contributed by atoms with Crippen LogP contribution in [0.15, 0.2) is 36.9 Å². The minimum Gasteiger partial charge on any atom is -0.360 e. The fourth-order valence-corrected chi connectivity index (χ4v) is 3.27. The highest BCUT2D eigenvalue weighted by Gasteiger charge is 2.19. The number of rotatable bonds is 4. The second-order valence-corrected chi connectivity index (χ2v) is 6.61. The minimum absolute atomic E-state index is 0.757. The van der Waals surface area contributed by atoms with Gasteiger partial charge >= 0.3 is 0 Å². The Morgan fingerprint density at radius 3 is 2.76 bits per heavy atom. The van der Waals surface area contributed by atoms with Crippen LogP contribution >= 0.6 is 0 Å². The SMILES string of the molecule is CN(C)c1nccc(N2CCN(Cc3c[nH]c4cnccc34)CC2)n1. The van der Waals surface area contributed by atoms with Gasteiger partial charge in [-0.05, 0) is 17.7 Å². The molecule has 0 amide bonds. The van der Waals surface area contributed by atoms with Gasteiger partial charge in [0.25, 0.3) is 0 Å². The van der Waals surface area contributed by atoms with Crippen LogP contribution in [-0.2, 0) is 6.54 Å². The van der Waals surface area contributed by atoms with Gasteiger partial charge in [0.05, 0.1) is 11.7 Å². The second-order valence-electron chi connectivity index (χ2n) is 6.61. The van der Waals surface area contributed by atoms with Crippen molar-refractivity contribution < 1.29 is 0 Å². The molecule has 3 aromatic rings. The summed E-state index contributed by atoms with van der Waals surface area (Å²) < 4.78 is 0. The normalized spacial score (nSPS) is 15.7.